The largest absolute Gasteiger partial charge is 0.480 e. The second-order valence-electron chi connectivity index (χ2n) is 5.31. The fraction of sp³-hybridized carbons (Fsp3) is 0.917. The van der Waals surface area contributed by atoms with Crippen LogP contribution >= 0.6 is 0 Å². The van der Waals surface area contributed by atoms with Crippen molar-refractivity contribution in [3.63, 3.8) is 0 Å². The van der Waals surface area contributed by atoms with Crippen molar-refractivity contribution in [1.29, 1.82) is 0 Å². The maximum absolute atomic E-state index is 11.3. The Morgan fingerprint density at radius 2 is 2.24 bits per heavy atom. The van der Waals surface area contributed by atoms with Crippen LogP contribution in [0.4, 0.5) is 0 Å². The molecular weight excluding hydrogens is 218 g/mol. The van der Waals surface area contributed by atoms with Crippen molar-refractivity contribution in [1.82, 2.24) is 15.1 Å². The van der Waals surface area contributed by atoms with E-state index in [-0.39, 0.29) is 0 Å². The van der Waals surface area contributed by atoms with Gasteiger partial charge in [-0.1, -0.05) is 6.92 Å². The number of hydrogen-bond acceptors (Lipinski definition) is 4. The first-order chi connectivity index (χ1) is 7.89. The van der Waals surface area contributed by atoms with E-state index in [0.717, 1.165) is 19.5 Å². The predicted octanol–water partition coefficient (Wildman–Crippen LogP) is 0.0751. The van der Waals surface area contributed by atoms with Gasteiger partial charge < -0.3 is 15.3 Å². The normalized spacial score (nSPS) is 25.1. The molecule has 0 spiro atoms. The summed E-state index contributed by atoms with van der Waals surface area (Å²) in [6.07, 6.45) is 1.12. The van der Waals surface area contributed by atoms with Crippen LogP contribution in [0.15, 0.2) is 0 Å². The summed E-state index contributed by atoms with van der Waals surface area (Å²) in [5, 5.41) is 12.4. The monoisotopic (exact) mass is 243 g/mol. The Kier molecular flexibility index (Phi) is 4.91. The van der Waals surface area contributed by atoms with Crippen LogP contribution in [-0.4, -0.2) is 72.7 Å². The van der Waals surface area contributed by atoms with Crippen LogP contribution in [0.25, 0.3) is 0 Å². The fourth-order valence-corrected chi connectivity index (χ4v) is 2.41. The summed E-state index contributed by atoms with van der Waals surface area (Å²) in [4.78, 5) is 15.8. The molecule has 2 unspecified atom stereocenters. The van der Waals surface area contributed by atoms with E-state index in [9.17, 15) is 9.90 Å². The number of nitrogens with zero attached hydrogens (tertiary/aromatic N) is 2. The standard InChI is InChI=1S/C12H25N3O2/c1-5-13-12(2,11(16)17)9-15-7-6-10(8-15)14(3)4/h10,13H,5-9H2,1-4H3,(H,16,17). The molecule has 1 fully saturated rings. The molecule has 0 radical (unpaired) electrons. The van der Waals surface area contributed by atoms with Gasteiger partial charge in [-0.05, 0) is 40.5 Å². The van der Waals surface area contributed by atoms with Gasteiger partial charge in [-0.25, -0.2) is 0 Å². The van der Waals surface area contributed by atoms with E-state index in [4.69, 9.17) is 0 Å². The average Bonchev–Trinajstić information content (AvgIpc) is 2.66. The average molecular weight is 243 g/mol. The summed E-state index contributed by atoms with van der Waals surface area (Å²) in [7, 11) is 4.16. The van der Waals surface area contributed by atoms with Gasteiger partial charge in [0.2, 0.25) is 0 Å². The molecule has 0 aromatic rings. The molecule has 1 aliphatic rings. The highest BCUT2D eigenvalue weighted by atomic mass is 16.4. The maximum Gasteiger partial charge on any atom is 0.324 e. The van der Waals surface area contributed by atoms with E-state index in [1.54, 1.807) is 6.92 Å². The first-order valence-corrected chi connectivity index (χ1v) is 6.26. The summed E-state index contributed by atoms with van der Waals surface area (Å²) in [5.74, 6) is -0.771. The molecule has 0 saturated carbocycles. The SMILES string of the molecule is CCNC(C)(CN1CCC(N(C)C)C1)C(=O)O. The van der Waals surface area contributed by atoms with Gasteiger partial charge in [-0.3, -0.25) is 9.69 Å². The molecule has 0 aliphatic carbocycles. The summed E-state index contributed by atoms with van der Waals surface area (Å²) < 4.78 is 0. The van der Waals surface area contributed by atoms with Crippen molar-refractivity contribution in [2.45, 2.75) is 31.8 Å². The zero-order chi connectivity index (χ0) is 13.1. The molecule has 5 heteroatoms. The molecule has 0 bridgehead atoms. The highest BCUT2D eigenvalue weighted by Gasteiger charge is 2.36. The molecule has 2 atom stereocenters. The lowest BCUT2D eigenvalue weighted by Crippen LogP contribution is -2.56. The maximum atomic E-state index is 11.3. The van der Waals surface area contributed by atoms with Gasteiger partial charge in [0.1, 0.15) is 5.54 Å². The topological polar surface area (TPSA) is 55.8 Å². The Balaban J connectivity index is 2.55. The Hall–Kier alpha value is -0.650. The van der Waals surface area contributed by atoms with Gasteiger partial charge in [0.15, 0.2) is 0 Å². The van der Waals surface area contributed by atoms with Gasteiger partial charge in [-0.2, -0.15) is 0 Å². The molecule has 1 saturated heterocycles. The fourth-order valence-electron chi connectivity index (χ4n) is 2.41. The number of carbonyl (C=O) groups is 1. The van der Waals surface area contributed by atoms with Crippen LogP contribution in [0.2, 0.25) is 0 Å². The molecule has 0 aromatic heterocycles. The lowest BCUT2D eigenvalue weighted by Gasteiger charge is -2.31. The second-order valence-corrected chi connectivity index (χ2v) is 5.31. The van der Waals surface area contributed by atoms with Crippen LogP contribution < -0.4 is 5.32 Å². The predicted molar refractivity (Wildman–Crippen MR) is 68.2 cm³/mol. The van der Waals surface area contributed by atoms with E-state index >= 15 is 0 Å². The van der Waals surface area contributed by atoms with Crippen molar-refractivity contribution in [2.75, 3.05) is 40.3 Å². The van der Waals surface area contributed by atoms with Crippen molar-refractivity contribution < 1.29 is 9.90 Å². The van der Waals surface area contributed by atoms with Crippen molar-refractivity contribution in [3.8, 4) is 0 Å². The third kappa shape index (κ3) is 3.66. The van der Waals surface area contributed by atoms with E-state index in [0.29, 0.717) is 19.1 Å². The zero-order valence-electron chi connectivity index (χ0n) is 11.4. The van der Waals surface area contributed by atoms with Crippen LogP contribution in [-0.2, 0) is 4.79 Å². The first kappa shape index (κ1) is 14.4. The van der Waals surface area contributed by atoms with E-state index in [1.807, 2.05) is 6.92 Å². The van der Waals surface area contributed by atoms with Crippen LogP contribution in [0, 0.1) is 0 Å². The van der Waals surface area contributed by atoms with Gasteiger partial charge >= 0.3 is 5.97 Å². The molecule has 0 aromatic carbocycles. The van der Waals surface area contributed by atoms with Gasteiger partial charge in [0, 0.05) is 19.1 Å². The third-order valence-electron chi connectivity index (χ3n) is 3.56. The number of likely N-dealkylation sites (N-methyl/N-ethyl adjacent to an activating group) is 2. The third-order valence-corrected chi connectivity index (χ3v) is 3.56. The molecule has 1 rings (SSSR count). The van der Waals surface area contributed by atoms with Crippen LogP contribution in [0.3, 0.4) is 0 Å². The van der Waals surface area contributed by atoms with Crippen molar-refractivity contribution in [3.05, 3.63) is 0 Å². The van der Waals surface area contributed by atoms with E-state index in [1.165, 1.54) is 0 Å². The van der Waals surface area contributed by atoms with Gasteiger partial charge in [0.25, 0.3) is 0 Å². The number of likely N-dealkylation sites (tertiary alicyclic amines) is 1. The van der Waals surface area contributed by atoms with Crippen molar-refractivity contribution >= 4 is 5.97 Å². The minimum absolute atomic E-state index is 0.551. The Bertz CT molecular complexity index is 270. The Morgan fingerprint density at radius 1 is 1.59 bits per heavy atom. The number of carboxylic acid groups (broad SMARTS) is 1. The molecule has 1 heterocycles. The van der Waals surface area contributed by atoms with E-state index < -0.39 is 11.5 Å². The molecule has 5 nitrogen and oxygen atoms in total. The van der Waals surface area contributed by atoms with Crippen molar-refractivity contribution in [2.24, 2.45) is 0 Å². The van der Waals surface area contributed by atoms with Crippen LogP contribution in [0.1, 0.15) is 20.3 Å². The number of rotatable bonds is 6. The van der Waals surface area contributed by atoms with E-state index in [2.05, 4.69) is 29.2 Å². The van der Waals surface area contributed by atoms with Crippen LogP contribution in [0.5, 0.6) is 0 Å². The second kappa shape index (κ2) is 5.80. The lowest BCUT2D eigenvalue weighted by atomic mass is 10.0. The first-order valence-electron chi connectivity index (χ1n) is 6.26. The Morgan fingerprint density at radius 3 is 2.65 bits per heavy atom. The summed E-state index contributed by atoms with van der Waals surface area (Å²) >= 11 is 0. The summed E-state index contributed by atoms with van der Waals surface area (Å²) in [5.41, 5.74) is -0.837. The number of hydrogen-bond donors (Lipinski definition) is 2. The highest BCUT2D eigenvalue weighted by molar-refractivity contribution is 5.78. The Labute approximate surface area is 104 Å². The number of nitrogens with one attached hydrogen (secondary N) is 1. The minimum Gasteiger partial charge on any atom is -0.480 e. The highest BCUT2D eigenvalue weighted by Crippen LogP contribution is 2.16. The lowest BCUT2D eigenvalue weighted by molar-refractivity contribution is -0.144. The quantitative estimate of drug-likeness (QED) is 0.692. The summed E-state index contributed by atoms with van der Waals surface area (Å²) in [6.45, 7) is 6.89. The molecule has 100 valence electrons. The smallest absolute Gasteiger partial charge is 0.324 e. The molecule has 0 amide bonds. The number of aliphatic carboxylic acids is 1. The summed E-state index contributed by atoms with van der Waals surface area (Å²) in [6, 6.07) is 0.551. The zero-order valence-corrected chi connectivity index (χ0v) is 11.4. The van der Waals surface area contributed by atoms with Gasteiger partial charge in [-0.15, -0.1) is 0 Å². The molecule has 1 aliphatic heterocycles. The molecule has 17 heavy (non-hydrogen) atoms. The minimum atomic E-state index is -0.837. The number of carboxylic acids is 1. The molecule has 2 N–H and O–H groups in total. The molecular formula is C12H25N3O2. The van der Waals surface area contributed by atoms with Gasteiger partial charge in [0.05, 0.1) is 0 Å².